The van der Waals surface area contributed by atoms with Gasteiger partial charge in [-0.1, -0.05) is 5.21 Å². The zero-order chi connectivity index (χ0) is 33.8. The van der Waals surface area contributed by atoms with Crippen molar-refractivity contribution in [3.05, 3.63) is 23.0 Å². The lowest BCUT2D eigenvalue weighted by molar-refractivity contribution is -0.111. The van der Waals surface area contributed by atoms with E-state index in [0.717, 1.165) is 4.68 Å². The molecule has 4 aromatic heterocycles. The number of aromatic nitrogens is 9. The van der Waals surface area contributed by atoms with Crippen molar-refractivity contribution in [1.82, 2.24) is 44.5 Å². The van der Waals surface area contributed by atoms with Gasteiger partial charge in [0.1, 0.15) is 48.0 Å². The van der Waals surface area contributed by atoms with Crippen LogP contribution in [-0.2, 0) is 44.2 Å². The van der Waals surface area contributed by atoms with E-state index < -0.39 is 81.4 Å². The predicted molar refractivity (Wildman–Crippen MR) is 164 cm³/mol. The van der Waals surface area contributed by atoms with Gasteiger partial charge < -0.3 is 40.2 Å². The van der Waals surface area contributed by atoms with E-state index in [1.807, 2.05) is 0 Å². The maximum atomic E-state index is 15.6. The first-order chi connectivity index (χ1) is 22.3. The van der Waals surface area contributed by atoms with Crippen LogP contribution in [0.1, 0.15) is 19.4 Å². The van der Waals surface area contributed by atoms with Crippen LogP contribution in [0.5, 0.6) is 0 Å². The number of halogens is 1. The second kappa shape index (κ2) is 12.9. The molecular formula is C21H27FN11O10P2S2+. The standard InChI is InChI=1S/C21H26FN11O10P2S2/c1-21(13(42-44(36)46)12(38-2)18(41-21)32-6-27-9-14(23)25-5-26-15(9)32)4-39-45(37,47)43-11-8(22)7(3-34)40-19(11)33-16-10(30-31-33)17(35)29-20(24)28-16/h5-8,11-13,18-19,34H,3-4H2,1-2H3,(H6-,23,24,25,26,28,29,31,35,36,37,46,47)/p+1/t7-,8+,11-,12-,13+,18+,19-,21-,45?/m1/s1. The number of hydrogen-bond acceptors (Lipinski definition) is 18. The van der Waals surface area contributed by atoms with E-state index in [0.29, 0.717) is 0 Å². The SMILES string of the molecule is CO[C@H]1[C@@H](n2cnc3c(N)ncnc32)O[C@](C)(COP(O)(=S)O[C@@H]2[C@@H](F)[C@@H](CO)O[C@H]2n2nnc3c(=O)[nH]c(N)nc32)[C@H]1O[P+](=O)S. The van der Waals surface area contributed by atoms with Crippen molar-refractivity contribution < 1.29 is 46.7 Å². The van der Waals surface area contributed by atoms with Gasteiger partial charge in [-0.05, 0) is 23.3 Å². The van der Waals surface area contributed by atoms with E-state index in [2.05, 4.69) is 47.5 Å². The number of thiol groups is 1. The van der Waals surface area contributed by atoms with Crippen molar-refractivity contribution in [2.45, 2.75) is 55.6 Å². The molecule has 4 aromatic rings. The molecule has 10 atom stereocenters. The van der Waals surface area contributed by atoms with Crippen LogP contribution in [0.15, 0.2) is 17.4 Å². The number of aliphatic hydroxyl groups is 1. The Balaban J connectivity index is 1.27. The molecule has 6 heterocycles. The van der Waals surface area contributed by atoms with Crippen LogP contribution in [0.4, 0.5) is 16.2 Å². The third-order valence-electron chi connectivity index (χ3n) is 7.52. The van der Waals surface area contributed by atoms with Crippen molar-refractivity contribution in [3.8, 4) is 0 Å². The first kappa shape index (κ1) is 34.0. The summed E-state index contributed by atoms with van der Waals surface area (Å²) in [4.78, 5) is 42.0. The number of rotatable bonds is 11. The molecule has 2 fully saturated rings. The van der Waals surface area contributed by atoms with Crippen molar-refractivity contribution in [2.75, 3.05) is 31.8 Å². The number of ether oxygens (including phenoxy) is 3. The summed E-state index contributed by atoms with van der Waals surface area (Å²) in [6.07, 6.45) is -7.33. The molecule has 21 nitrogen and oxygen atoms in total. The number of aromatic amines is 1. The highest BCUT2D eigenvalue weighted by Crippen LogP contribution is 2.53. The van der Waals surface area contributed by atoms with Crippen molar-refractivity contribution in [2.24, 2.45) is 0 Å². The molecule has 0 aromatic carbocycles. The number of hydrogen-bond donors (Lipinski definition) is 6. The zero-order valence-electron chi connectivity index (χ0n) is 24.1. The maximum absolute atomic E-state index is 15.6. The Labute approximate surface area is 273 Å². The lowest BCUT2D eigenvalue weighted by atomic mass is 9.98. The molecule has 47 heavy (non-hydrogen) atoms. The number of nitrogens with two attached hydrogens (primary N) is 2. The molecule has 0 radical (unpaired) electrons. The normalized spacial score (nSPS) is 31.1. The number of nitrogens with zero attached hydrogens (tertiary/aromatic N) is 8. The number of alkyl halides is 1. The molecule has 7 N–H and O–H groups in total. The summed E-state index contributed by atoms with van der Waals surface area (Å²) >= 11 is 9.12. The number of anilines is 2. The molecule has 0 aliphatic carbocycles. The topological polar surface area (TPSA) is 285 Å². The van der Waals surface area contributed by atoms with Crippen LogP contribution in [0.3, 0.4) is 0 Å². The molecule has 6 rings (SSSR count). The van der Waals surface area contributed by atoms with Gasteiger partial charge in [-0.2, -0.15) is 9.67 Å². The molecule has 2 aliphatic rings. The Kier molecular flexibility index (Phi) is 9.32. The monoisotopic (exact) mass is 738 g/mol. The van der Waals surface area contributed by atoms with E-state index >= 15 is 4.39 Å². The van der Waals surface area contributed by atoms with E-state index in [-0.39, 0.29) is 34.1 Å². The molecule has 0 saturated carbocycles. The Morgan fingerprint density at radius 1 is 1.26 bits per heavy atom. The summed E-state index contributed by atoms with van der Waals surface area (Å²) in [5.74, 6) is -0.172. The molecule has 2 unspecified atom stereocenters. The molecule has 0 amide bonds. The van der Waals surface area contributed by atoms with Crippen LogP contribution >= 0.6 is 26.2 Å². The summed E-state index contributed by atoms with van der Waals surface area (Å²) in [5.41, 5.74) is 9.43. The Bertz CT molecular complexity index is 1940. The first-order valence-electron chi connectivity index (χ1n) is 13.4. The van der Waals surface area contributed by atoms with Gasteiger partial charge in [0, 0.05) is 7.11 Å². The fraction of sp³-hybridized carbons (Fsp3) is 0.571. The van der Waals surface area contributed by atoms with Gasteiger partial charge in [-0.25, -0.2) is 19.3 Å². The van der Waals surface area contributed by atoms with Gasteiger partial charge in [0.2, 0.25) is 5.95 Å². The second-order valence-electron chi connectivity index (χ2n) is 10.5. The predicted octanol–water partition coefficient (Wildman–Crippen LogP) is -0.360. The van der Waals surface area contributed by atoms with Gasteiger partial charge in [-0.3, -0.25) is 18.9 Å². The summed E-state index contributed by atoms with van der Waals surface area (Å²) in [5, 5.41) is 17.3. The molecule has 0 bridgehead atoms. The minimum Gasteiger partial charge on any atom is -0.394 e. The van der Waals surface area contributed by atoms with E-state index in [1.54, 1.807) is 0 Å². The lowest BCUT2D eigenvalue weighted by Gasteiger charge is -2.30. The highest BCUT2D eigenvalue weighted by Gasteiger charge is 2.59. The summed E-state index contributed by atoms with van der Waals surface area (Å²) in [6, 6.07) is 0. The van der Waals surface area contributed by atoms with E-state index in [9.17, 15) is 19.4 Å². The fourth-order valence-corrected chi connectivity index (χ4v) is 7.68. The van der Waals surface area contributed by atoms with Gasteiger partial charge in [0.15, 0.2) is 47.4 Å². The summed E-state index contributed by atoms with van der Waals surface area (Å²) in [6.45, 7) is -4.27. The average molecular weight is 739 g/mol. The highest BCUT2D eigenvalue weighted by molar-refractivity contribution is 8.39. The number of methoxy groups -OCH3 is 1. The van der Waals surface area contributed by atoms with Crippen molar-refractivity contribution in [1.29, 1.82) is 0 Å². The molecule has 254 valence electrons. The van der Waals surface area contributed by atoms with E-state index in [4.69, 9.17) is 51.1 Å². The average Bonchev–Trinajstić information content (AvgIpc) is 3.76. The smallest absolute Gasteiger partial charge is 0.394 e. The Morgan fingerprint density at radius 3 is 2.72 bits per heavy atom. The molecular weight excluding hydrogens is 711 g/mol. The summed E-state index contributed by atoms with van der Waals surface area (Å²) < 4.78 is 64.6. The number of nitrogens with one attached hydrogen (secondary N) is 1. The van der Waals surface area contributed by atoms with Gasteiger partial charge in [0.25, 0.3) is 5.56 Å². The number of fused-ring (bicyclic) bond motifs is 2. The third kappa shape index (κ3) is 6.24. The largest absolute Gasteiger partial charge is 0.582 e. The molecule has 2 aliphatic heterocycles. The minimum atomic E-state index is -4.41. The van der Waals surface area contributed by atoms with Gasteiger partial charge in [0.05, 0.1) is 19.5 Å². The molecule has 0 spiro atoms. The highest BCUT2D eigenvalue weighted by atomic mass is 32.7. The Morgan fingerprint density at radius 2 is 2.02 bits per heavy atom. The molecule has 26 heteroatoms. The summed E-state index contributed by atoms with van der Waals surface area (Å²) in [7, 11) is -1.16. The lowest BCUT2D eigenvalue weighted by Crippen LogP contribution is -2.45. The number of imidazole rings is 1. The maximum Gasteiger partial charge on any atom is 0.582 e. The van der Waals surface area contributed by atoms with Crippen LogP contribution in [-0.4, -0.2) is 111 Å². The number of nitrogen functional groups attached to an aromatic ring is 2. The van der Waals surface area contributed by atoms with Gasteiger partial charge in [-0.15, -0.1) is 9.62 Å². The minimum absolute atomic E-state index is 0.116. The first-order valence-corrected chi connectivity index (χ1v) is 18.3. The fourth-order valence-electron chi connectivity index (χ4n) is 5.38. The van der Waals surface area contributed by atoms with Crippen LogP contribution < -0.4 is 17.0 Å². The van der Waals surface area contributed by atoms with Crippen LogP contribution in [0, 0.1) is 0 Å². The Hall–Kier alpha value is -2.86. The number of H-pyrrole nitrogens is 1. The molecule has 2 saturated heterocycles. The van der Waals surface area contributed by atoms with Crippen LogP contribution in [0.2, 0.25) is 0 Å². The third-order valence-corrected chi connectivity index (χ3v) is 9.75. The quantitative estimate of drug-likeness (QED) is 0.0846. The van der Waals surface area contributed by atoms with E-state index in [1.165, 1.54) is 31.3 Å². The second-order valence-corrected chi connectivity index (χ2v) is 15.0. The van der Waals surface area contributed by atoms with Crippen molar-refractivity contribution in [3.63, 3.8) is 0 Å². The van der Waals surface area contributed by atoms with Crippen LogP contribution in [0.25, 0.3) is 22.3 Å². The zero-order valence-corrected chi connectivity index (χ0v) is 27.6. The number of aliphatic hydroxyl groups excluding tert-OH is 1. The van der Waals surface area contributed by atoms with Gasteiger partial charge >= 0.3 is 13.9 Å². The van der Waals surface area contributed by atoms with Crippen molar-refractivity contribution >= 4 is 72.1 Å².